The highest BCUT2D eigenvalue weighted by Gasteiger charge is 2.36. The van der Waals surface area contributed by atoms with Crippen LogP contribution in [-0.4, -0.2) is 10.4 Å². The molecular weight excluding hydrogens is 230 g/mol. The zero-order chi connectivity index (χ0) is 11.9. The molecule has 1 nitrogen and oxygen atoms in total. The van der Waals surface area contributed by atoms with Crippen molar-refractivity contribution in [2.75, 3.05) is 0 Å². The molecule has 88 valence electrons. The van der Waals surface area contributed by atoms with Crippen molar-refractivity contribution in [3.05, 3.63) is 42.1 Å². The molecule has 1 saturated carbocycles. The molecule has 0 amide bonds. The summed E-state index contributed by atoms with van der Waals surface area (Å²) in [5.74, 6) is 0. The summed E-state index contributed by atoms with van der Waals surface area (Å²) in [6.07, 6.45) is 5.21. The van der Waals surface area contributed by atoms with E-state index in [1.54, 1.807) is 0 Å². The first kappa shape index (κ1) is 11.0. The summed E-state index contributed by atoms with van der Waals surface area (Å²) in [4.78, 5) is 4.55. The van der Waals surface area contributed by atoms with Gasteiger partial charge in [0, 0.05) is 17.0 Å². The van der Waals surface area contributed by atoms with E-state index < -0.39 is 0 Å². The summed E-state index contributed by atoms with van der Waals surface area (Å²) in [7, 11) is 0. The number of halogens is 1. The van der Waals surface area contributed by atoms with Gasteiger partial charge in [0.25, 0.3) is 0 Å². The molecule has 1 fully saturated rings. The molecule has 1 aromatic heterocycles. The molecule has 2 atom stereocenters. The average molecular weight is 246 g/mol. The molecule has 1 aliphatic rings. The van der Waals surface area contributed by atoms with Crippen LogP contribution in [0.4, 0.5) is 0 Å². The summed E-state index contributed by atoms with van der Waals surface area (Å²) >= 11 is 6.28. The van der Waals surface area contributed by atoms with Crippen molar-refractivity contribution in [3.63, 3.8) is 0 Å². The second-order valence-electron chi connectivity index (χ2n) is 5.28. The van der Waals surface area contributed by atoms with Gasteiger partial charge in [0.2, 0.25) is 0 Å². The highest BCUT2D eigenvalue weighted by molar-refractivity contribution is 6.20. The van der Waals surface area contributed by atoms with Crippen molar-refractivity contribution in [2.45, 2.75) is 37.0 Å². The van der Waals surface area contributed by atoms with Crippen LogP contribution in [0.25, 0.3) is 10.9 Å². The first-order valence-electron chi connectivity index (χ1n) is 6.17. The molecule has 1 heterocycles. The molecule has 0 bridgehead atoms. The summed E-state index contributed by atoms with van der Waals surface area (Å²) < 4.78 is 0. The van der Waals surface area contributed by atoms with E-state index in [0.29, 0.717) is 5.38 Å². The molecule has 1 aromatic carbocycles. The second kappa shape index (κ2) is 3.99. The molecule has 2 aromatic rings. The Morgan fingerprint density at radius 3 is 2.88 bits per heavy atom. The molecule has 2 heteroatoms. The van der Waals surface area contributed by atoms with Crippen LogP contribution in [0, 0.1) is 0 Å². The van der Waals surface area contributed by atoms with Crippen LogP contribution < -0.4 is 0 Å². The van der Waals surface area contributed by atoms with Gasteiger partial charge in [0.15, 0.2) is 0 Å². The molecule has 1 aliphatic carbocycles. The van der Waals surface area contributed by atoms with Gasteiger partial charge in [-0.1, -0.05) is 31.2 Å². The van der Waals surface area contributed by atoms with Crippen molar-refractivity contribution < 1.29 is 0 Å². The number of alkyl halides is 1. The lowest BCUT2D eigenvalue weighted by Gasteiger charge is -2.25. The number of nitrogens with zero attached hydrogens (tertiary/aromatic N) is 1. The summed E-state index contributed by atoms with van der Waals surface area (Å²) in [5.41, 5.74) is 2.70. The minimum absolute atomic E-state index is 0.195. The molecule has 0 spiro atoms. The predicted octanol–water partition coefficient (Wildman–Crippen LogP) is 4.28. The van der Waals surface area contributed by atoms with Crippen molar-refractivity contribution >= 4 is 22.5 Å². The number of fused-ring (bicyclic) bond motifs is 1. The number of hydrogen-bond acceptors (Lipinski definition) is 1. The largest absolute Gasteiger partial charge is 0.256 e. The van der Waals surface area contributed by atoms with Gasteiger partial charge in [-0.05, 0) is 36.3 Å². The van der Waals surface area contributed by atoms with Crippen LogP contribution in [0.5, 0.6) is 0 Å². The maximum absolute atomic E-state index is 6.28. The van der Waals surface area contributed by atoms with E-state index in [0.717, 1.165) is 24.8 Å². The van der Waals surface area contributed by atoms with Gasteiger partial charge in [-0.3, -0.25) is 4.98 Å². The molecule has 0 radical (unpaired) electrons. The number of pyridine rings is 1. The quantitative estimate of drug-likeness (QED) is 0.684. The van der Waals surface area contributed by atoms with Gasteiger partial charge in [-0.25, -0.2) is 0 Å². The van der Waals surface area contributed by atoms with Crippen LogP contribution in [0.15, 0.2) is 36.5 Å². The number of hydrogen-bond donors (Lipinski definition) is 0. The highest BCUT2D eigenvalue weighted by Crippen LogP contribution is 2.44. The van der Waals surface area contributed by atoms with E-state index in [1.165, 1.54) is 10.9 Å². The molecule has 17 heavy (non-hydrogen) atoms. The van der Waals surface area contributed by atoms with E-state index >= 15 is 0 Å². The molecule has 2 unspecified atom stereocenters. The molecule has 3 rings (SSSR count). The third kappa shape index (κ3) is 1.83. The standard InChI is InChI=1S/C15H16ClN/c1-15(8-7-12(16)10-15)13-6-2-4-11-5-3-9-17-14(11)13/h2-6,9,12H,7-8,10H2,1H3. The lowest BCUT2D eigenvalue weighted by atomic mass is 9.80. The normalized spacial score (nSPS) is 28.7. The third-order valence-electron chi connectivity index (χ3n) is 3.96. The fourth-order valence-corrected chi connectivity index (χ4v) is 3.45. The molecule has 0 aliphatic heterocycles. The first-order valence-corrected chi connectivity index (χ1v) is 6.61. The number of aromatic nitrogens is 1. The topological polar surface area (TPSA) is 12.9 Å². The van der Waals surface area contributed by atoms with Gasteiger partial charge in [0.1, 0.15) is 0 Å². The zero-order valence-electron chi connectivity index (χ0n) is 9.99. The maximum Gasteiger partial charge on any atom is 0.0739 e. The Balaban J connectivity index is 2.17. The van der Waals surface area contributed by atoms with Crippen LogP contribution in [-0.2, 0) is 5.41 Å². The van der Waals surface area contributed by atoms with Crippen molar-refractivity contribution in [2.24, 2.45) is 0 Å². The smallest absolute Gasteiger partial charge is 0.0739 e. The number of benzene rings is 1. The fraction of sp³-hybridized carbons (Fsp3) is 0.400. The third-order valence-corrected chi connectivity index (χ3v) is 4.34. The van der Waals surface area contributed by atoms with Crippen LogP contribution in [0.3, 0.4) is 0 Å². The second-order valence-corrected chi connectivity index (χ2v) is 5.90. The monoisotopic (exact) mass is 245 g/mol. The predicted molar refractivity (Wildman–Crippen MR) is 72.6 cm³/mol. The van der Waals surface area contributed by atoms with E-state index in [1.807, 2.05) is 12.3 Å². The number of para-hydroxylation sites is 1. The van der Waals surface area contributed by atoms with E-state index in [-0.39, 0.29) is 5.41 Å². The van der Waals surface area contributed by atoms with Gasteiger partial charge in [-0.2, -0.15) is 0 Å². The fourth-order valence-electron chi connectivity index (χ4n) is 3.00. The van der Waals surface area contributed by atoms with E-state index in [2.05, 4.69) is 36.2 Å². The Morgan fingerprint density at radius 2 is 2.12 bits per heavy atom. The molecular formula is C15H16ClN. The van der Waals surface area contributed by atoms with E-state index in [4.69, 9.17) is 11.6 Å². The van der Waals surface area contributed by atoms with Gasteiger partial charge in [0.05, 0.1) is 5.52 Å². The summed E-state index contributed by atoms with van der Waals surface area (Å²) in [6, 6.07) is 10.6. The lowest BCUT2D eigenvalue weighted by Crippen LogP contribution is -2.18. The Hall–Kier alpha value is -1.08. The highest BCUT2D eigenvalue weighted by atomic mass is 35.5. The summed E-state index contributed by atoms with van der Waals surface area (Å²) in [5, 5.41) is 1.54. The van der Waals surface area contributed by atoms with Crippen molar-refractivity contribution in [1.82, 2.24) is 4.98 Å². The Labute approximate surface area is 107 Å². The average Bonchev–Trinajstić information content (AvgIpc) is 2.70. The molecule has 0 saturated heterocycles. The van der Waals surface area contributed by atoms with Gasteiger partial charge < -0.3 is 0 Å². The summed E-state index contributed by atoms with van der Waals surface area (Å²) in [6.45, 7) is 2.32. The Morgan fingerprint density at radius 1 is 1.29 bits per heavy atom. The first-order chi connectivity index (χ1) is 8.19. The van der Waals surface area contributed by atoms with Crippen LogP contribution in [0.2, 0.25) is 0 Å². The number of rotatable bonds is 1. The minimum Gasteiger partial charge on any atom is -0.256 e. The van der Waals surface area contributed by atoms with Crippen molar-refractivity contribution in [3.8, 4) is 0 Å². The Bertz CT molecular complexity index is 546. The van der Waals surface area contributed by atoms with Crippen molar-refractivity contribution in [1.29, 1.82) is 0 Å². The SMILES string of the molecule is CC1(c2cccc3cccnc23)CCC(Cl)C1. The Kier molecular flexibility index (Phi) is 2.59. The van der Waals surface area contributed by atoms with Gasteiger partial charge >= 0.3 is 0 Å². The van der Waals surface area contributed by atoms with Crippen LogP contribution >= 0.6 is 11.6 Å². The molecule has 0 N–H and O–H groups in total. The zero-order valence-corrected chi connectivity index (χ0v) is 10.7. The van der Waals surface area contributed by atoms with E-state index in [9.17, 15) is 0 Å². The lowest BCUT2D eigenvalue weighted by molar-refractivity contribution is 0.495. The maximum atomic E-state index is 6.28. The van der Waals surface area contributed by atoms with Gasteiger partial charge in [-0.15, -0.1) is 11.6 Å². The minimum atomic E-state index is 0.195. The van der Waals surface area contributed by atoms with Crippen LogP contribution in [0.1, 0.15) is 31.7 Å².